The van der Waals surface area contributed by atoms with Crippen LogP contribution in [0.3, 0.4) is 0 Å². The summed E-state index contributed by atoms with van der Waals surface area (Å²) in [7, 11) is 0. The maximum Gasteiger partial charge on any atom is 0.196 e. The Morgan fingerprint density at radius 3 is 2.56 bits per heavy atom. The van der Waals surface area contributed by atoms with Crippen LogP contribution in [0, 0.1) is 0 Å². The van der Waals surface area contributed by atoms with Gasteiger partial charge in [-0.3, -0.25) is 4.79 Å². The quantitative estimate of drug-likeness (QED) is 0.792. The smallest absolute Gasteiger partial charge is 0.196 e. The Morgan fingerprint density at radius 1 is 1.17 bits per heavy atom. The Hall–Kier alpha value is -2.07. The van der Waals surface area contributed by atoms with Gasteiger partial charge >= 0.3 is 0 Å². The van der Waals surface area contributed by atoms with Gasteiger partial charge in [0.25, 0.3) is 0 Å². The van der Waals surface area contributed by atoms with Crippen molar-refractivity contribution in [3.8, 4) is 0 Å². The highest BCUT2D eigenvalue weighted by molar-refractivity contribution is 5.71. The molecular formula is C14H15NO3. The zero-order valence-corrected chi connectivity index (χ0v) is 9.95. The van der Waals surface area contributed by atoms with Crippen LogP contribution in [-0.4, -0.2) is 24.5 Å². The number of aldehydes is 1. The third kappa shape index (κ3) is 2.99. The van der Waals surface area contributed by atoms with E-state index in [0.717, 1.165) is 5.56 Å². The first-order valence-electron chi connectivity index (χ1n) is 5.78. The third-order valence-electron chi connectivity index (χ3n) is 2.63. The molecule has 0 radical (unpaired) electrons. The summed E-state index contributed by atoms with van der Waals surface area (Å²) >= 11 is 0. The monoisotopic (exact) mass is 245 g/mol. The molecule has 94 valence electrons. The summed E-state index contributed by atoms with van der Waals surface area (Å²) in [6.07, 6.45) is 0.670. The largest absolute Gasteiger partial charge is 0.438 e. The second-order valence-corrected chi connectivity index (χ2v) is 3.92. The maximum atomic E-state index is 10.6. The first kappa shape index (κ1) is 12.4. The van der Waals surface area contributed by atoms with Crippen LogP contribution in [0.4, 0.5) is 5.88 Å². The van der Waals surface area contributed by atoms with Crippen molar-refractivity contribution in [2.24, 2.45) is 0 Å². The Kier molecular flexibility index (Phi) is 4.15. The highest BCUT2D eigenvalue weighted by Crippen LogP contribution is 2.19. The van der Waals surface area contributed by atoms with Crippen LogP contribution < -0.4 is 4.90 Å². The minimum absolute atomic E-state index is 0.0317. The molecule has 1 aromatic carbocycles. The molecule has 1 aromatic heterocycles. The molecular weight excluding hydrogens is 230 g/mol. The number of carbonyl (C=O) groups is 1. The van der Waals surface area contributed by atoms with E-state index in [2.05, 4.69) is 0 Å². The second kappa shape index (κ2) is 6.02. The normalized spacial score (nSPS) is 10.3. The molecule has 0 aliphatic carbocycles. The van der Waals surface area contributed by atoms with E-state index in [1.807, 2.05) is 35.2 Å². The molecule has 4 nitrogen and oxygen atoms in total. The van der Waals surface area contributed by atoms with Crippen LogP contribution >= 0.6 is 0 Å². The molecule has 0 aliphatic rings. The first-order valence-corrected chi connectivity index (χ1v) is 5.78. The van der Waals surface area contributed by atoms with Crippen molar-refractivity contribution in [1.82, 2.24) is 0 Å². The summed E-state index contributed by atoms with van der Waals surface area (Å²) in [5.74, 6) is 0.885. The lowest BCUT2D eigenvalue weighted by atomic mass is 10.2. The van der Waals surface area contributed by atoms with Crippen molar-refractivity contribution in [2.75, 3.05) is 18.1 Å². The number of benzene rings is 1. The number of anilines is 1. The summed E-state index contributed by atoms with van der Waals surface area (Å²) in [6, 6.07) is 13.3. The first-order chi connectivity index (χ1) is 8.83. The molecule has 0 atom stereocenters. The molecule has 0 bridgehead atoms. The molecule has 0 spiro atoms. The lowest BCUT2D eigenvalue weighted by Crippen LogP contribution is -2.25. The molecule has 0 unspecified atom stereocenters. The average Bonchev–Trinajstić information content (AvgIpc) is 2.88. The van der Waals surface area contributed by atoms with Crippen molar-refractivity contribution in [2.45, 2.75) is 6.54 Å². The predicted octanol–water partition coefficient (Wildman–Crippen LogP) is 2.09. The SMILES string of the molecule is O=Cc1ccc(N(CCO)Cc2ccccc2)o1. The van der Waals surface area contributed by atoms with Gasteiger partial charge in [0.05, 0.1) is 6.61 Å². The molecule has 4 heteroatoms. The van der Waals surface area contributed by atoms with Crippen molar-refractivity contribution in [1.29, 1.82) is 0 Å². The molecule has 18 heavy (non-hydrogen) atoms. The maximum absolute atomic E-state index is 10.6. The minimum Gasteiger partial charge on any atom is -0.438 e. The number of furan rings is 1. The van der Waals surface area contributed by atoms with E-state index in [0.29, 0.717) is 31.0 Å². The van der Waals surface area contributed by atoms with Crippen molar-refractivity contribution in [3.63, 3.8) is 0 Å². The Bertz CT molecular complexity index is 493. The molecule has 0 fully saturated rings. The zero-order valence-electron chi connectivity index (χ0n) is 9.95. The van der Waals surface area contributed by atoms with Gasteiger partial charge in [0.2, 0.25) is 0 Å². The fourth-order valence-electron chi connectivity index (χ4n) is 1.77. The summed E-state index contributed by atoms with van der Waals surface area (Å²) in [6.45, 7) is 1.12. The summed E-state index contributed by atoms with van der Waals surface area (Å²) in [5, 5.41) is 9.09. The topological polar surface area (TPSA) is 53.7 Å². The summed E-state index contributed by atoms with van der Waals surface area (Å²) in [4.78, 5) is 12.5. The number of aliphatic hydroxyl groups excluding tert-OH is 1. The van der Waals surface area contributed by atoms with E-state index in [1.165, 1.54) is 0 Å². The van der Waals surface area contributed by atoms with Gasteiger partial charge in [-0.25, -0.2) is 0 Å². The molecule has 0 saturated heterocycles. The zero-order chi connectivity index (χ0) is 12.8. The summed E-state index contributed by atoms with van der Waals surface area (Å²) < 4.78 is 5.37. The van der Waals surface area contributed by atoms with Crippen molar-refractivity contribution >= 4 is 12.2 Å². The van der Waals surface area contributed by atoms with Crippen LogP contribution in [-0.2, 0) is 6.54 Å². The lowest BCUT2D eigenvalue weighted by molar-refractivity contribution is 0.110. The van der Waals surface area contributed by atoms with Gasteiger partial charge in [-0.15, -0.1) is 0 Å². The van der Waals surface area contributed by atoms with Gasteiger partial charge in [0.15, 0.2) is 17.9 Å². The molecule has 0 amide bonds. The number of aliphatic hydroxyl groups is 1. The van der Waals surface area contributed by atoms with Crippen LogP contribution in [0.2, 0.25) is 0 Å². The van der Waals surface area contributed by atoms with Gasteiger partial charge in [-0.2, -0.15) is 0 Å². The number of carbonyl (C=O) groups excluding carboxylic acids is 1. The molecule has 1 N–H and O–H groups in total. The van der Waals surface area contributed by atoms with E-state index < -0.39 is 0 Å². The van der Waals surface area contributed by atoms with E-state index in [1.54, 1.807) is 12.1 Å². The Labute approximate surface area is 105 Å². The Balaban J connectivity index is 2.15. The second-order valence-electron chi connectivity index (χ2n) is 3.92. The average molecular weight is 245 g/mol. The number of nitrogens with zero attached hydrogens (tertiary/aromatic N) is 1. The third-order valence-corrected chi connectivity index (χ3v) is 2.63. The predicted molar refractivity (Wildman–Crippen MR) is 68.7 cm³/mol. The number of hydrogen-bond acceptors (Lipinski definition) is 4. The van der Waals surface area contributed by atoms with Crippen LogP contribution in [0.15, 0.2) is 46.9 Å². The van der Waals surface area contributed by atoms with Crippen molar-refractivity contribution in [3.05, 3.63) is 53.8 Å². The lowest BCUT2D eigenvalue weighted by Gasteiger charge is -2.20. The summed E-state index contributed by atoms with van der Waals surface area (Å²) in [5.41, 5.74) is 1.12. The van der Waals surface area contributed by atoms with E-state index in [-0.39, 0.29) is 6.61 Å². The van der Waals surface area contributed by atoms with E-state index in [9.17, 15) is 4.79 Å². The number of rotatable bonds is 6. The Morgan fingerprint density at radius 2 is 1.94 bits per heavy atom. The van der Waals surface area contributed by atoms with Crippen LogP contribution in [0.25, 0.3) is 0 Å². The van der Waals surface area contributed by atoms with E-state index in [4.69, 9.17) is 9.52 Å². The molecule has 0 saturated carbocycles. The highest BCUT2D eigenvalue weighted by Gasteiger charge is 2.11. The fraction of sp³-hybridized carbons (Fsp3) is 0.214. The standard InChI is InChI=1S/C14H15NO3/c16-9-8-15(10-12-4-2-1-3-5-12)14-7-6-13(11-17)18-14/h1-7,11,16H,8-10H2. The van der Waals surface area contributed by atoms with Gasteiger partial charge in [-0.05, 0) is 11.6 Å². The fourth-order valence-corrected chi connectivity index (χ4v) is 1.77. The van der Waals surface area contributed by atoms with Crippen LogP contribution in [0.1, 0.15) is 16.1 Å². The molecule has 0 aliphatic heterocycles. The van der Waals surface area contributed by atoms with Gasteiger partial charge in [0, 0.05) is 19.2 Å². The van der Waals surface area contributed by atoms with Crippen molar-refractivity contribution < 1.29 is 14.3 Å². The molecule has 2 aromatic rings. The van der Waals surface area contributed by atoms with Gasteiger partial charge < -0.3 is 14.4 Å². The van der Waals surface area contributed by atoms with Crippen LogP contribution in [0.5, 0.6) is 0 Å². The molecule has 1 heterocycles. The molecule has 2 rings (SSSR count). The van der Waals surface area contributed by atoms with Gasteiger partial charge in [-0.1, -0.05) is 30.3 Å². The van der Waals surface area contributed by atoms with E-state index >= 15 is 0 Å². The number of hydrogen-bond donors (Lipinski definition) is 1. The van der Waals surface area contributed by atoms with Gasteiger partial charge in [0.1, 0.15) is 0 Å². The minimum atomic E-state index is 0.0317. The highest BCUT2D eigenvalue weighted by atomic mass is 16.4.